The van der Waals surface area contributed by atoms with Gasteiger partial charge in [-0.1, -0.05) is 18.2 Å². The normalized spacial score (nSPS) is 10.2. The number of amides is 1. The van der Waals surface area contributed by atoms with Crippen molar-refractivity contribution in [3.8, 4) is 5.75 Å². The molecule has 2 rings (SSSR count). The lowest BCUT2D eigenvalue weighted by Crippen LogP contribution is -2.28. The average molecular weight is 260 g/mol. The maximum absolute atomic E-state index is 11.6. The highest BCUT2D eigenvalue weighted by Crippen LogP contribution is 2.15. The fourth-order valence-corrected chi connectivity index (χ4v) is 1.59. The van der Waals surface area contributed by atoms with E-state index in [1.54, 1.807) is 6.92 Å². The van der Waals surface area contributed by atoms with Crippen molar-refractivity contribution in [2.45, 2.75) is 20.4 Å². The summed E-state index contributed by atoms with van der Waals surface area (Å²) < 4.78 is 10.5. The van der Waals surface area contributed by atoms with Crippen LogP contribution in [0, 0.1) is 13.8 Å². The van der Waals surface area contributed by atoms with Gasteiger partial charge in [0.15, 0.2) is 12.5 Å². The Balaban J connectivity index is 1.77. The molecule has 19 heavy (non-hydrogen) atoms. The second-order valence-electron chi connectivity index (χ2n) is 4.19. The number of aromatic nitrogens is 1. The number of aryl methyl sites for hydroxylation is 2. The van der Waals surface area contributed by atoms with Crippen LogP contribution in [0.15, 0.2) is 34.9 Å². The van der Waals surface area contributed by atoms with Gasteiger partial charge < -0.3 is 14.5 Å². The first-order valence-corrected chi connectivity index (χ1v) is 6.01. The van der Waals surface area contributed by atoms with Crippen molar-refractivity contribution in [3.05, 3.63) is 47.7 Å². The van der Waals surface area contributed by atoms with Gasteiger partial charge in [-0.25, -0.2) is 4.98 Å². The summed E-state index contributed by atoms with van der Waals surface area (Å²) in [4.78, 5) is 15.7. The van der Waals surface area contributed by atoms with Crippen molar-refractivity contribution in [3.63, 3.8) is 0 Å². The van der Waals surface area contributed by atoms with Crippen LogP contribution >= 0.6 is 0 Å². The molecule has 1 aromatic heterocycles. The molecule has 2 aromatic rings. The largest absolute Gasteiger partial charge is 0.484 e. The molecule has 5 heteroatoms. The van der Waals surface area contributed by atoms with Crippen molar-refractivity contribution in [2.24, 2.45) is 0 Å². The number of benzene rings is 1. The zero-order chi connectivity index (χ0) is 13.7. The number of rotatable bonds is 5. The molecule has 0 unspecified atom stereocenters. The van der Waals surface area contributed by atoms with Gasteiger partial charge in [0.25, 0.3) is 5.91 Å². The number of ether oxygens (including phenoxy) is 1. The summed E-state index contributed by atoms with van der Waals surface area (Å²) in [6.45, 7) is 4.02. The van der Waals surface area contributed by atoms with Crippen molar-refractivity contribution in [2.75, 3.05) is 6.61 Å². The van der Waals surface area contributed by atoms with E-state index in [9.17, 15) is 4.79 Å². The number of oxazole rings is 1. The predicted molar refractivity (Wildman–Crippen MR) is 69.8 cm³/mol. The van der Waals surface area contributed by atoms with Crippen LogP contribution in [-0.2, 0) is 11.3 Å². The SMILES string of the molecule is Cc1nc(CNC(=O)COc2ccccc2C)co1. The fourth-order valence-electron chi connectivity index (χ4n) is 1.59. The first kappa shape index (κ1) is 13.1. The van der Waals surface area contributed by atoms with Crippen LogP contribution in [0.5, 0.6) is 5.75 Å². The fraction of sp³-hybridized carbons (Fsp3) is 0.286. The van der Waals surface area contributed by atoms with Gasteiger partial charge in [-0.15, -0.1) is 0 Å². The highest BCUT2D eigenvalue weighted by Gasteiger charge is 2.06. The molecule has 0 fully saturated rings. The van der Waals surface area contributed by atoms with E-state index in [0.717, 1.165) is 11.3 Å². The molecule has 0 aliphatic carbocycles. The zero-order valence-corrected chi connectivity index (χ0v) is 11.0. The van der Waals surface area contributed by atoms with E-state index in [1.165, 1.54) is 6.26 Å². The molecule has 1 N–H and O–H groups in total. The lowest BCUT2D eigenvalue weighted by molar-refractivity contribution is -0.123. The second kappa shape index (κ2) is 6.04. The topological polar surface area (TPSA) is 64.4 Å². The maximum Gasteiger partial charge on any atom is 0.258 e. The molecule has 1 heterocycles. The Labute approximate surface area is 111 Å². The molecule has 0 atom stereocenters. The summed E-state index contributed by atoms with van der Waals surface area (Å²) in [6, 6.07) is 7.57. The van der Waals surface area contributed by atoms with Gasteiger partial charge in [0.05, 0.1) is 12.2 Å². The van der Waals surface area contributed by atoms with Crippen LogP contribution in [-0.4, -0.2) is 17.5 Å². The summed E-state index contributed by atoms with van der Waals surface area (Å²) in [5.74, 6) is 1.11. The van der Waals surface area contributed by atoms with Gasteiger partial charge in [-0.05, 0) is 18.6 Å². The Kier molecular flexibility index (Phi) is 4.18. The quantitative estimate of drug-likeness (QED) is 0.892. The minimum absolute atomic E-state index is 0.0122. The maximum atomic E-state index is 11.6. The number of nitrogens with zero attached hydrogens (tertiary/aromatic N) is 1. The third kappa shape index (κ3) is 3.84. The van der Waals surface area contributed by atoms with E-state index < -0.39 is 0 Å². The van der Waals surface area contributed by atoms with Gasteiger partial charge >= 0.3 is 0 Å². The van der Waals surface area contributed by atoms with Gasteiger partial charge in [-0.2, -0.15) is 0 Å². The molecule has 100 valence electrons. The monoisotopic (exact) mass is 260 g/mol. The molecule has 0 bridgehead atoms. The standard InChI is InChI=1S/C14H16N2O3/c1-10-5-3-4-6-13(10)19-9-14(17)15-7-12-8-18-11(2)16-12/h3-6,8H,7,9H2,1-2H3,(H,15,17). The number of carbonyl (C=O) groups excluding carboxylic acids is 1. The first-order chi connectivity index (χ1) is 9.15. The van der Waals surface area contributed by atoms with Crippen LogP contribution in [0.2, 0.25) is 0 Å². The Morgan fingerprint density at radius 1 is 1.37 bits per heavy atom. The smallest absolute Gasteiger partial charge is 0.258 e. The molecule has 0 aliphatic rings. The van der Waals surface area contributed by atoms with E-state index in [1.807, 2.05) is 31.2 Å². The van der Waals surface area contributed by atoms with Crippen molar-refractivity contribution < 1.29 is 13.9 Å². The van der Waals surface area contributed by atoms with Crippen molar-refractivity contribution >= 4 is 5.91 Å². The van der Waals surface area contributed by atoms with E-state index >= 15 is 0 Å². The molecular weight excluding hydrogens is 244 g/mol. The number of carbonyl (C=O) groups is 1. The van der Waals surface area contributed by atoms with E-state index in [4.69, 9.17) is 9.15 Å². The minimum atomic E-state index is -0.191. The number of hydrogen-bond acceptors (Lipinski definition) is 4. The zero-order valence-electron chi connectivity index (χ0n) is 11.0. The van der Waals surface area contributed by atoms with Crippen LogP contribution in [0.25, 0.3) is 0 Å². The van der Waals surface area contributed by atoms with E-state index in [-0.39, 0.29) is 12.5 Å². The van der Waals surface area contributed by atoms with Gasteiger partial charge in [-0.3, -0.25) is 4.79 Å². The summed E-state index contributed by atoms with van der Waals surface area (Å²) in [7, 11) is 0. The highest BCUT2D eigenvalue weighted by molar-refractivity contribution is 5.77. The molecule has 1 amide bonds. The number of hydrogen-bond donors (Lipinski definition) is 1. The molecule has 1 aromatic carbocycles. The Hall–Kier alpha value is -2.30. The third-order valence-electron chi connectivity index (χ3n) is 2.59. The van der Waals surface area contributed by atoms with Crippen LogP contribution < -0.4 is 10.1 Å². The Morgan fingerprint density at radius 2 is 2.16 bits per heavy atom. The molecule has 0 saturated carbocycles. The summed E-state index contributed by atoms with van der Waals surface area (Å²) in [6.07, 6.45) is 1.53. The van der Waals surface area contributed by atoms with Gasteiger partial charge in [0, 0.05) is 6.92 Å². The average Bonchev–Trinajstić information content (AvgIpc) is 2.81. The number of para-hydroxylation sites is 1. The summed E-state index contributed by atoms with van der Waals surface area (Å²) in [5, 5.41) is 2.72. The second-order valence-corrected chi connectivity index (χ2v) is 4.19. The van der Waals surface area contributed by atoms with Crippen LogP contribution in [0.3, 0.4) is 0 Å². The van der Waals surface area contributed by atoms with Crippen molar-refractivity contribution in [1.29, 1.82) is 0 Å². The predicted octanol–water partition coefficient (Wildman–Crippen LogP) is 1.99. The highest BCUT2D eigenvalue weighted by atomic mass is 16.5. The Morgan fingerprint density at radius 3 is 2.84 bits per heavy atom. The third-order valence-corrected chi connectivity index (χ3v) is 2.59. The lowest BCUT2D eigenvalue weighted by atomic mass is 10.2. The van der Waals surface area contributed by atoms with Gasteiger partial charge in [0.1, 0.15) is 12.0 Å². The van der Waals surface area contributed by atoms with Gasteiger partial charge in [0.2, 0.25) is 0 Å². The minimum Gasteiger partial charge on any atom is -0.484 e. The van der Waals surface area contributed by atoms with Crippen molar-refractivity contribution in [1.82, 2.24) is 10.3 Å². The molecule has 0 aliphatic heterocycles. The summed E-state index contributed by atoms with van der Waals surface area (Å²) >= 11 is 0. The molecule has 0 saturated heterocycles. The molecule has 0 radical (unpaired) electrons. The lowest BCUT2D eigenvalue weighted by Gasteiger charge is -2.08. The van der Waals surface area contributed by atoms with E-state index in [2.05, 4.69) is 10.3 Å². The molecule has 5 nitrogen and oxygen atoms in total. The number of nitrogens with one attached hydrogen (secondary N) is 1. The molecule has 0 spiro atoms. The van der Waals surface area contributed by atoms with E-state index in [0.29, 0.717) is 18.1 Å². The summed E-state index contributed by atoms with van der Waals surface area (Å²) in [5.41, 5.74) is 1.70. The molecular formula is C14H16N2O3. The van der Waals surface area contributed by atoms with Crippen LogP contribution in [0.4, 0.5) is 0 Å². The Bertz CT molecular complexity index is 563. The first-order valence-electron chi connectivity index (χ1n) is 6.01. The van der Waals surface area contributed by atoms with Crippen LogP contribution in [0.1, 0.15) is 17.1 Å².